The minimum absolute atomic E-state index is 0.0469. The van der Waals surface area contributed by atoms with E-state index in [4.69, 9.17) is 9.84 Å². The van der Waals surface area contributed by atoms with Gasteiger partial charge in [-0.25, -0.2) is 8.42 Å². The molecule has 0 aliphatic carbocycles. The van der Waals surface area contributed by atoms with E-state index in [0.717, 1.165) is 11.3 Å². The number of carboxylic acid groups (broad SMARTS) is 1. The molecule has 0 amide bonds. The number of carboxylic acids is 1. The molecule has 1 unspecified atom stereocenters. The van der Waals surface area contributed by atoms with Crippen LogP contribution >= 0.6 is 0 Å². The molecule has 0 aromatic heterocycles. The van der Waals surface area contributed by atoms with Gasteiger partial charge in [0.15, 0.2) is 0 Å². The second kappa shape index (κ2) is 4.75. The Hall–Kier alpha value is -1.60. The highest BCUT2D eigenvalue weighted by molar-refractivity contribution is 7.89. The van der Waals surface area contributed by atoms with Gasteiger partial charge >= 0.3 is 5.97 Å². The van der Waals surface area contributed by atoms with Crippen molar-refractivity contribution in [1.29, 1.82) is 0 Å². The Bertz CT molecular complexity index is 655. The third kappa shape index (κ3) is 2.16. The standard InChI is InChI=1S/C13H15NO5S/c15-13(16)10-3-5-14(8-10)20(17,18)11-1-2-12-9(7-11)4-6-19-12/h1-2,7,10H,3-6,8H2,(H,15,16). The Morgan fingerprint density at radius 2 is 2.20 bits per heavy atom. The monoisotopic (exact) mass is 297 g/mol. The number of hydrogen-bond acceptors (Lipinski definition) is 4. The molecule has 2 heterocycles. The zero-order chi connectivity index (χ0) is 14.3. The first-order chi connectivity index (χ1) is 9.48. The second-order valence-electron chi connectivity index (χ2n) is 5.05. The van der Waals surface area contributed by atoms with Gasteiger partial charge in [-0.1, -0.05) is 0 Å². The lowest BCUT2D eigenvalue weighted by atomic mass is 10.1. The molecular weight excluding hydrogens is 282 g/mol. The summed E-state index contributed by atoms with van der Waals surface area (Å²) in [7, 11) is -3.61. The van der Waals surface area contributed by atoms with Crippen LogP contribution in [-0.4, -0.2) is 43.5 Å². The number of ether oxygens (including phenoxy) is 1. The van der Waals surface area contributed by atoms with E-state index in [1.54, 1.807) is 12.1 Å². The van der Waals surface area contributed by atoms with Gasteiger partial charge in [-0.2, -0.15) is 4.31 Å². The van der Waals surface area contributed by atoms with E-state index in [1.165, 1.54) is 10.4 Å². The molecule has 1 atom stereocenters. The predicted octanol–water partition coefficient (Wildman–Crippen LogP) is 0.717. The van der Waals surface area contributed by atoms with Crippen molar-refractivity contribution in [2.24, 2.45) is 5.92 Å². The van der Waals surface area contributed by atoms with Crippen LogP contribution in [0.15, 0.2) is 23.1 Å². The van der Waals surface area contributed by atoms with E-state index in [0.29, 0.717) is 19.4 Å². The molecule has 108 valence electrons. The molecule has 0 spiro atoms. The van der Waals surface area contributed by atoms with Gasteiger partial charge in [-0.15, -0.1) is 0 Å². The molecule has 1 fully saturated rings. The predicted molar refractivity (Wildman–Crippen MR) is 70.1 cm³/mol. The van der Waals surface area contributed by atoms with Crippen molar-refractivity contribution in [1.82, 2.24) is 4.31 Å². The van der Waals surface area contributed by atoms with E-state index < -0.39 is 21.9 Å². The van der Waals surface area contributed by atoms with Gasteiger partial charge in [0, 0.05) is 19.5 Å². The molecule has 7 heteroatoms. The van der Waals surface area contributed by atoms with E-state index in [1.807, 2.05) is 0 Å². The zero-order valence-electron chi connectivity index (χ0n) is 10.8. The number of sulfonamides is 1. The summed E-state index contributed by atoms with van der Waals surface area (Å²) in [6.07, 6.45) is 1.07. The van der Waals surface area contributed by atoms with Crippen LogP contribution in [0.1, 0.15) is 12.0 Å². The van der Waals surface area contributed by atoms with Gasteiger partial charge in [-0.3, -0.25) is 4.79 Å². The quantitative estimate of drug-likeness (QED) is 0.888. The van der Waals surface area contributed by atoms with Gasteiger partial charge in [0.2, 0.25) is 10.0 Å². The summed E-state index contributed by atoms with van der Waals surface area (Å²) in [6.45, 7) is 0.877. The summed E-state index contributed by atoms with van der Waals surface area (Å²) in [4.78, 5) is 11.1. The van der Waals surface area contributed by atoms with Crippen molar-refractivity contribution in [2.75, 3.05) is 19.7 Å². The first-order valence-electron chi connectivity index (χ1n) is 6.47. The smallest absolute Gasteiger partial charge is 0.307 e. The minimum Gasteiger partial charge on any atom is -0.493 e. The molecule has 2 aliphatic heterocycles. The highest BCUT2D eigenvalue weighted by Gasteiger charge is 2.36. The number of hydrogen-bond donors (Lipinski definition) is 1. The lowest BCUT2D eigenvalue weighted by Crippen LogP contribution is -2.30. The minimum atomic E-state index is -3.61. The van der Waals surface area contributed by atoms with Gasteiger partial charge in [0.25, 0.3) is 0 Å². The number of carbonyl (C=O) groups is 1. The zero-order valence-corrected chi connectivity index (χ0v) is 11.6. The van der Waals surface area contributed by atoms with Crippen molar-refractivity contribution in [2.45, 2.75) is 17.7 Å². The van der Waals surface area contributed by atoms with Gasteiger partial charge in [0.1, 0.15) is 5.75 Å². The van der Waals surface area contributed by atoms with Crippen LogP contribution in [-0.2, 0) is 21.2 Å². The van der Waals surface area contributed by atoms with E-state index in [9.17, 15) is 13.2 Å². The molecule has 0 saturated carbocycles. The fourth-order valence-electron chi connectivity index (χ4n) is 2.62. The average molecular weight is 297 g/mol. The Labute approximate surface area is 117 Å². The van der Waals surface area contributed by atoms with E-state index >= 15 is 0 Å². The topological polar surface area (TPSA) is 83.9 Å². The molecule has 1 aromatic rings. The fraction of sp³-hybridized carbons (Fsp3) is 0.462. The number of fused-ring (bicyclic) bond motifs is 1. The molecule has 1 saturated heterocycles. The van der Waals surface area contributed by atoms with Crippen molar-refractivity contribution < 1.29 is 23.1 Å². The largest absolute Gasteiger partial charge is 0.493 e. The molecule has 20 heavy (non-hydrogen) atoms. The lowest BCUT2D eigenvalue weighted by Gasteiger charge is -2.16. The fourth-order valence-corrected chi connectivity index (χ4v) is 4.17. The third-order valence-electron chi connectivity index (χ3n) is 3.80. The lowest BCUT2D eigenvalue weighted by molar-refractivity contribution is -0.141. The number of rotatable bonds is 3. The van der Waals surface area contributed by atoms with Crippen LogP contribution in [0.5, 0.6) is 5.75 Å². The summed E-state index contributed by atoms with van der Waals surface area (Å²) >= 11 is 0. The SMILES string of the molecule is O=C(O)C1CCN(S(=O)(=O)c2ccc3c(c2)CCO3)C1. The Morgan fingerprint density at radius 1 is 1.40 bits per heavy atom. The van der Waals surface area contributed by atoms with E-state index in [2.05, 4.69) is 0 Å². The van der Waals surface area contributed by atoms with Crippen molar-refractivity contribution in [3.63, 3.8) is 0 Å². The van der Waals surface area contributed by atoms with Crippen LogP contribution < -0.4 is 4.74 Å². The van der Waals surface area contributed by atoms with Crippen LogP contribution in [0.3, 0.4) is 0 Å². The summed E-state index contributed by atoms with van der Waals surface area (Å²) < 4.78 is 31.6. The molecule has 0 radical (unpaired) electrons. The van der Waals surface area contributed by atoms with Crippen LogP contribution in [0.2, 0.25) is 0 Å². The highest BCUT2D eigenvalue weighted by atomic mass is 32.2. The molecule has 1 aromatic carbocycles. The Balaban J connectivity index is 1.87. The van der Waals surface area contributed by atoms with Crippen LogP contribution in [0, 0.1) is 5.92 Å². The maximum Gasteiger partial charge on any atom is 0.307 e. The van der Waals surface area contributed by atoms with Crippen LogP contribution in [0.4, 0.5) is 0 Å². The maximum absolute atomic E-state index is 12.5. The summed E-state index contributed by atoms with van der Waals surface area (Å²) in [5, 5.41) is 8.96. The molecule has 0 bridgehead atoms. The van der Waals surface area contributed by atoms with Crippen molar-refractivity contribution in [3.05, 3.63) is 23.8 Å². The van der Waals surface area contributed by atoms with Gasteiger partial charge in [-0.05, 0) is 30.2 Å². The molecule has 3 rings (SSSR count). The molecule has 2 aliphatic rings. The maximum atomic E-state index is 12.5. The van der Waals surface area contributed by atoms with Crippen molar-refractivity contribution in [3.8, 4) is 5.75 Å². The van der Waals surface area contributed by atoms with Gasteiger partial charge in [0.05, 0.1) is 17.4 Å². The summed E-state index contributed by atoms with van der Waals surface area (Å²) in [5.41, 5.74) is 0.889. The highest BCUT2D eigenvalue weighted by Crippen LogP contribution is 2.30. The number of benzene rings is 1. The van der Waals surface area contributed by atoms with Crippen LogP contribution in [0.25, 0.3) is 0 Å². The van der Waals surface area contributed by atoms with Gasteiger partial charge < -0.3 is 9.84 Å². The molecular formula is C13H15NO5S. The average Bonchev–Trinajstić information content (AvgIpc) is 3.07. The summed E-state index contributed by atoms with van der Waals surface area (Å²) in [5.74, 6) is -0.818. The summed E-state index contributed by atoms with van der Waals surface area (Å²) in [6, 6.07) is 4.82. The number of aliphatic carboxylic acids is 1. The first-order valence-corrected chi connectivity index (χ1v) is 7.91. The normalized spacial score (nSPS) is 22.5. The number of nitrogens with zero attached hydrogens (tertiary/aromatic N) is 1. The third-order valence-corrected chi connectivity index (χ3v) is 5.66. The first kappa shape index (κ1) is 13.4. The Morgan fingerprint density at radius 3 is 2.90 bits per heavy atom. The van der Waals surface area contributed by atoms with Crippen molar-refractivity contribution >= 4 is 16.0 Å². The Kier molecular flexibility index (Phi) is 3.18. The molecule has 6 nitrogen and oxygen atoms in total. The second-order valence-corrected chi connectivity index (χ2v) is 6.99. The van der Waals surface area contributed by atoms with E-state index in [-0.39, 0.29) is 18.0 Å². The molecule has 1 N–H and O–H groups in total.